The third-order valence-corrected chi connectivity index (χ3v) is 4.36. The summed E-state index contributed by atoms with van der Waals surface area (Å²) in [6.45, 7) is 3.60. The van der Waals surface area contributed by atoms with E-state index < -0.39 is 5.54 Å². The molecule has 2 heterocycles. The Balaban J connectivity index is 0.000000595. The molecule has 0 radical (unpaired) electrons. The molecule has 0 spiro atoms. The van der Waals surface area contributed by atoms with E-state index >= 15 is 0 Å². The number of ether oxygens (including phenoxy) is 1. The fourth-order valence-corrected chi connectivity index (χ4v) is 3.26. The van der Waals surface area contributed by atoms with Crippen LogP contribution in [0.4, 0.5) is 5.69 Å². The quantitative estimate of drug-likeness (QED) is 0.803. The summed E-state index contributed by atoms with van der Waals surface area (Å²) >= 11 is 0. The third-order valence-electron chi connectivity index (χ3n) is 4.36. The molecular formula is C16H18N2O5. The Morgan fingerprint density at radius 2 is 1.96 bits per heavy atom. The number of methoxy groups -OCH3 is 1. The summed E-state index contributed by atoms with van der Waals surface area (Å²) in [6.07, 6.45) is 1.14. The molecule has 1 N–H and O–H groups in total. The van der Waals surface area contributed by atoms with E-state index in [9.17, 15) is 9.59 Å². The van der Waals surface area contributed by atoms with Gasteiger partial charge in [-0.2, -0.15) is 9.59 Å². The van der Waals surface area contributed by atoms with E-state index in [1.807, 2.05) is 19.1 Å². The molecule has 0 aromatic heterocycles. The predicted octanol–water partition coefficient (Wildman–Crippen LogP) is 0.604. The summed E-state index contributed by atoms with van der Waals surface area (Å²) in [5.74, 6) is 0.238. The van der Waals surface area contributed by atoms with Gasteiger partial charge in [0.2, 0.25) is 5.91 Å². The van der Waals surface area contributed by atoms with E-state index in [2.05, 4.69) is 10.2 Å². The maximum atomic E-state index is 12.2. The van der Waals surface area contributed by atoms with Gasteiger partial charge in [0.1, 0.15) is 5.54 Å². The molecule has 1 aromatic rings. The van der Waals surface area contributed by atoms with Crippen molar-refractivity contribution in [2.45, 2.75) is 18.9 Å². The molecule has 2 saturated heterocycles. The normalized spacial score (nSPS) is 24.9. The predicted molar refractivity (Wildman–Crippen MR) is 79.7 cm³/mol. The molecule has 3 rings (SSSR count). The topological polar surface area (TPSA) is 92.8 Å². The van der Waals surface area contributed by atoms with Crippen LogP contribution >= 0.6 is 0 Å². The van der Waals surface area contributed by atoms with Gasteiger partial charge in [0.25, 0.3) is 0 Å². The van der Waals surface area contributed by atoms with Crippen LogP contribution in [0.25, 0.3) is 0 Å². The number of hydrogen-bond acceptors (Lipinski definition) is 6. The molecule has 1 aromatic carbocycles. The summed E-state index contributed by atoms with van der Waals surface area (Å²) in [5, 5.41) is 2.97. The van der Waals surface area contributed by atoms with Gasteiger partial charge >= 0.3 is 12.1 Å². The lowest BCUT2D eigenvalue weighted by Gasteiger charge is -2.36. The SMILES string of the molecule is COC(=O)c1ccc(N2CC3CNC(=O)C2(C)C3)cc1.O=C=O. The number of nitrogens with zero attached hydrogens (tertiary/aromatic N) is 1. The Labute approximate surface area is 133 Å². The lowest BCUT2D eigenvalue weighted by Crippen LogP contribution is -2.55. The molecule has 122 valence electrons. The van der Waals surface area contributed by atoms with Gasteiger partial charge in [0.15, 0.2) is 0 Å². The number of anilines is 1. The molecule has 2 fully saturated rings. The van der Waals surface area contributed by atoms with Gasteiger partial charge in [0, 0.05) is 18.8 Å². The van der Waals surface area contributed by atoms with Crippen LogP contribution in [0.1, 0.15) is 23.7 Å². The van der Waals surface area contributed by atoms with Gasteiger partial charge in [-0.25, -0.2) is 4.79 Å². The highest BCUT2D eigenvalue weighted by molar-refractivity contribution is 5.92. The van der Waals surface area contributed by atoms with Crippen molar-refractivity contribution in [2.24, 2.45) is 5.92 Å². The van der Waals surface area contributed by atoms with Crippen LogP contribution < -0.4 is 10.2 Å². The highest BCUT2D eigenvalue weighted by Crippen LogP contribution is 2.39. The highest BCUT2D eigenvalue weighted by Gasteiger charge is 2.50. The van der Waals surface area contributed by atoms with Crippen LogP contribution in [0.2, 0.25) is 0 Å². The van der Waals surface area contributed by atoms with E-state index in [0.29, 0.717) is 11.5 Å². The van der Waals surface area contributed by atoms with Crippen molar-refractivity contribution in [3.63, 3.8) is 0 Å². The van der Waals surface area contributed by atoms with Crippen LogP contribution in [0.5, 0.6) is 0 Å². The van der Waals surface area contributed by atoms with Gasteiger partial charge in [-0.15, -0.1) is 0 Å². The van der Waals surface area contributed by atoms with Crippen LogP contribution in [0.15, 0.2) is 24.3 Å². The smallest absolute Gasteiger partial charge is 0.373 e. The molecule has 7 nitrogen and oxygen atoms in total. The monoisotopic (exact) mass is 318 g/mol. The van der Waals surface area contributed by atoms with Crippen molar-refractivity contribution in [2.75, 3.05) is 25.1 Å². The first-order valence-electron chi connectivity index (χ1n) is 7.20. The fourth-order valence-electron chi connectivity index (χ4n) is 3.26. The van der Waals surface area contributed by atoms with Crippen LogP contribution in [0, 0.1) is 5.92 Å². The Bertz CT molecular complexity index is 636. The van der Waals surface area contributed by atoms with Crippen LogP contribution in [-0.2, 0) is 19.1 Å². The molecule has 2 atom stereocenters. The number of fused-ring (bicyclic) bond motifs is 2. The maximum absolute atomic E-state index is 12.2. The number of benzene rings is 1. The molecule has 2 unspecified atom stereocenters. The van der Waals surface area contributed by atoms with Crippen molar-refractivity contribution >= 4 is 23.7 Å². The van der Waals surface area contributed by atoms with Crippen molar-refractivity contribution in [3.05, 3.63) is 29.8 Å². The molecule has 7 heteroatoms. The van der Waals surface area contributed by atoms with Gasteiger partial charge in [-0.3, -0.25) is 4.79 Å². The molecule has 1 amide bonds. The largest absolute Gasteiger partial charge is 0.465 e. The van der Waals surface area contributed by atoms with Crippen molar-refractivity contribution in [1.29, 1.82) is 0 Å². The summed E-state index contributed by atoms with van der Waals surface area (Å²) in [6, 6.07) is 7.24. The lowest BCUT2D eigenvalue weighted by molar-refractivity contribution is -0.191. The molecule has 0 aliphatic carbocycles. The molecule has 2 bridgehead atoms. The Kier molecular flexibility index (Phi) is 4.81. The van der Waals surface area contributed by atoms with E-state index in [1.54, 1.807) is 12.1 Å². The van der Waals surface area contributed by atoms with E-state index in [1.165, 1.54) is 7.11 Å². The van der Waals surface area contributed by atoms with E-state index in [4.69, 9.17) is 14.3 Å². The Morgan fingerprint density at radius 1 is 1.35 bits per heavy atom. The minimum absolute atomic E-state index is 0.0864. The van der Waals surface area contributed by atoms with Gasteiger partial charge in [0.05, 0.1) is 12.7 Å². The van der Waals surface area contributed by atoms with Crippen LogP contribution in [-0.4, -0.2) is 43.8 Å². The Hall–Kier alpha value is -2.66. The Morgan fingerprint density at radius 3 is 2.52 bits per heavy atom. The lowest BCUT2D eigenvalue weighted by atomic mass is 9.89. The van der Waals surface area contributed by atoms with Gasteiger partial charge in [-0.1, -0.05) is 0 Å². The van der Waals surface area contributed by atoms with Crippen molar-refractivity contribution < 1.29 is 23.9 Å². The molecule has 2 aliphatic rings. The first-order chi connectivity index (χ1) is 11.0. The number of rotatable bonds is 2. The number of esters is 1. The van der Waals surface area contributed by atoms with E-state index in [-0.39, 0.29) is 18.0 Å². The summed E-state index contributed by atoms with van der Waals surface area (Å²) in [5.41, 5.74) is 1.02. The second-order valence-electron chi connectivity index (χ2n) is 5.79. The van der Waals surface area contributed by atoms with Crippen LogP contribution in [0.3, 0.4) is 0 Å². The summed E-state index contributed by atoms with van der Waals surface area (Å²) in [4.78, 5) is 42.0. The molecular weight excluding hydrogens is 300 g/mol. The number of amides is 1. The second-order valence-corrected chi connectivity index (χ2v) is 5.79. The molecule has 2 aliphatic heterocycles. The average molecular weight is 318 g/mol. The maximum Gasteiger partial charge on any atom is 0.373 e. The number of nitrogens with one attached hydrogen (secondary N) is 1. The standard InChI is InChI=1S/C15H18N2O3.CO2/c1-15-7-10(8-16-14(15)19)9-17(15)12-5-3-11(4-6-12)13(18)20-2;2-1-3/h3-6,10H,7-9H2,1-2H3,(H,16,19);. The highest BCUT2D eigenvalue weighted by atomic mass is 16.5. The first kappa shape index (κ1) is 16.7. The second kappa shape index (κ2) is 6.62. The minimum Gasteiger partial charge on any atom is -0.465 e. The molecule has 0 saturated carbocycles. The number of carbonyl (C=O) groups is 2. The zero-order valence-corrected chi connectivity index (χ0v) is 13.0. The summed E-state index contributed by atoms with van der Waals surface area (Å²) < 4.78 is 4.69. The van der Waals surface area contributed by atoms with E-state index in [0.717, 1.165) is 25.2 Å². The third kappa shape index (κ3) is 3.10. The number of carbonyl (C=O) groups excluding carboxylic acids is 4. The zero-order valence-electron chi connectivity index (χ0n) is 13.0. The number of piperidine rings is 1. The first-order valence-corrected chi connectivity index (χ1v) is 7.20. The number of hydrogen-bond donors (Lipinski definition) is 1. The fraction of sp³-hybridized carbons (Fsp3) is 0.438. The van der Waals surface area contributed by atoms with Gasteiger partial charge in [-0.05, 0) is 43.5 Å². The summed E-state index contributed by atoms with van der Waals surface area (Å²) in [7, 11) is 1.37. The van der Waals surface area contributed by atoms with Gasteiger partial charge < -0.3 is 15.0 Å². The minimum atomic E-state index is -0.476. The van der Waals surface area contributed by atoms with Crippen molar-refractivity contribution in [3.8, 4) is 0 Å². The zero-order chi connectivity index (χ0) is 17.0. The van der Waals surface area contributed by atoms with Crippen molar-refractivity contribution in [1.82, 2.24) is 5.32 Å². The molecule has 23 heavy (non-hydrogen) atoms. The average Bonchev–Trinajstić information content (AvgIpc) is 2.85.